The van der Waals surface area contributed by atoms with Gasteiger partial charge in [0.1, 0.15) is 0 Å². The van der Waals surface area contributed by atoms with Crippen LogP contribution < -0.4 is 5.32 Å². The second-order valence-electron chi connectivity index (χ2n) is 4.11. The fraction of sp³-hybridized carbons (Fsp3) is 0.286. The van der Waals surface area contributed by atoms with Crippen molar-refractivity contribution in [3.63, 3.8) is 0 Å². The highest BCUT2D eigenvalue weighted by Crippen LogP contribution is 2.24. The zero-order valence-electron chi connectivity index (χ0n) is 10.1. The number of hydrogen-bond acceptors (Lipinski definition) is 2. The van der Waals surface area contributed by atoms with Gasteiger partial charge < -0.3 is 5.32 Å². The Kier molecular flexibility index (Phi) is 5.07. The van der Waals surface area contributed by atoms with E-state index < -0.39 is 0 Å². The number of nitrogens with one attached hydrogen (secondary N) is 1. The molecule has 0 saturated carbocycles. The minimum Gasteiger partial charge on any atom is -0.305 e. The summed E-state index contributed by atoms with van der Waals surface area (Å²) in [7, 11) is 0. The molecule has 0 radical (unpaired) electrons. The molecule has 1 unspecified atom stereocenters. The maximum absolute atomic E-state index is 6.00. The van der Waals surface area contributed by atoms with E-state index in [0.717, 1.165) is 18.5 Å². The summed E-state index contributed by atoms with van der Waals surface area (Å²) in [4.78, 5) is 1.37. The first-order chi connectivity index (χ1) is 8.70. The number of benzene rings is 1. The lowest BCUT2D eigenvalue weighted by molar-refractivity contribution is 0.526. The summed E-state index contributed by atoms with van der Waals surface area (Å²) < 4.78 is 0. The van der Waals surface area contributed by atoms with Crippen molar-refractivity contribution in [3.8, 4) is 0 Å². The van der Waals surface area contributed by atoms with Crippen molar-refractivity contribution in [1.29, 1.82) is 0 Å². The Labute approximate surface area is 122 Å². The predicted octanol–water partition coefficient (Wildman–Crippen LogP) is 5.30. The molecular weight excluding hydrogens is 285 g/mol. The Morgan fingerprint density at radius 3 is 2.67 bits per heavy atom. The largest absolute Gasteiger partial charge is 0.305 e. The molecule has 0 aliphatic rings. The first-order valence-corrected chi connectivity index (χ1v) is 7.55. The quantitative estimate of drug-likeness (QED) is 0.790. The van der Waals surface area contributed by atoms with Crippen LogP contribution in [-0.2, 0) is 6.54 Å². The SMILES string of the molecule is CCC(NCc1ccc(Cl)c(Cl)c1)c1cccs1. The van der Waals surface area contributed by atoms with Crippen LogP contribution in [0.3, 0.4) is 0 Å². The molecule has 1 heterocycles. The van der Waals surface area contributed by atoms with Crippen LogP contribution in [-0.4, -0.2) is 0 Å². The van der Waals surface area contributed by atoms with E-state index in [2.05, 4.69) is 29.8 Å². The van der Waals surface area contributed by atoms with Crippen LogP contribution in [0.25, 0.3) is 0 Å². The minimum atomic E-state index is 0.402. The van der Waals surface area contributed by atoms with Gasteiger partial charge in [0.15, 0.2) is 0 Å². The Balaban J connectivity index is 1.99. The van der Waals surface area contributed by atoms with Crippen LogP contribution in [0.5, 0.6) is 0 Å². The molecule has 2 rings (SSSR count). The maximum Gasteiger partial charge on any atom is 0.0595 e. The van der Waals surface area contributed by atoms with Crippen molar-refractivity contribution in [2.45, 2.75) is 25.9 Å². The van der Waals surface area contributed by atoms with Gasteiger partial charge in [-0.3, -0.25) is 0 Å². The van der Waals surface area contributed by atoms with Crippen LogP contribution in [0, 0.1) is 0 Å². The molecule has 0 bridgehead atoms. The lowest BCUT2D eigenvalue weighted by Crippen LogP contribution is -2.19. The summed E-state index contributed by atoms with van der Waals surface area (Å²) in [5, 5.41) is 6.87. The van der Waals surface area contributed by atoms with Gasteiger partial charge in [-0.25, -0.2) is 0 Å². The van der Waals surface area contributed by atoms with Gasteiger partial charge in [-0.2, -0.15) is 0 Å². The number of halogens is 2. The highest BCUT2D eigenvalue weighted by atomic mass is 35.5. The van der Waals surface area contributed by atoms with Crippen LogP contribution in [0.15, 0.2) is 35.7 Å². The van der Waals surface area contributed by atoms with Gasteiger partial charge in [-0.05, 0) is 35.6 Å². The predicted molar refractivity (Wildman–Crippen MR) is 80.7 cm³/mol. The third-order valence-electron chi connectivity index (χ3n) is 2.83. The average molecular weight is 300 g/mol. The molecule has 1 N–H and O–H groups in total. The lowest BCUT2D eigenvalue weighted by atomic mass is 10.1. The van der Waals surface area contributed by atoms with Crippen molar-refractivity contribution < 1.29 is 0 Å². The Bertz CT molecular complexity index is 497. The van der Waals surface area contributed by atoms with Crippen molar-refractivity contribution >= 4 is 34.5 Å². The minimum absolute atomic E-state index is 0.402. The molecule has 0 fully saturated rings. The van der Waals surface area contributed by atoms with E-state index in [1.165, 1.54) is 4.88 Å². The third kappa shape index (κ3) is 3.48. The number of hydrogen-bond donors (Lipinski definition) is 1. The summed E-state index contributed by atoms with van der Waals surface area (Å²) in [5.41, 5.74) is 1.15. The summed E-state index contributed by atoms with van der Waals surface area (Å²) in [6, 6.07) is 10.4. The normalized spacial score (nSPS) is 12.6. The fourth-order valence-electron chi connectivity index (χ4n) is 1.83. The van der Waals surface area contributed by atoms with E-state index in [1.807, 2.05) is 18.2 Å². The van der Waals surface area contributed by atoms with Crippen LogP contribution in [0.4, 0.5) is 0 Å². The Hall–Kier alpha value is -0.540. The van der Waals surface area contributed by atoms with E-state index in [1.54, 1.807) is 11.3 Å². The average Bonchev–Trinajstić information content (AvgIpc) is 2.88. The number of thiophene rings is 1. The highest BCUT2D eigenvalue weighted by Gasteiger charge is 2.09. The molecule has 1 aromatic carbocycles. The topological polar surface area (TPSA) is 12.0 Å². The van der Waals surface area contributed by atoms with Crippen molar-refractivity contribution in [2.24, 2.45) is 0 Å². The molecule has 0 aliphatic carbocycles. The van der Waals surface area contributed by atoms with Gasteiger partial charge in [-0.15, -0.1) is 11.3 Å². The molecule has 1 nitrogen and oxygen atoms in total. The second-order valence-corrected chi connectivity index (χ2v) is 5.90. The molecule has 0 aliphatic heterocycles. The Morgan fingerprint density at radius 2 is 2.06 bits per heavy atom. The van der Waals surface area contributed by atoms with Crippen molar-refractivity contribution in [3.05, 3.63) is 56.2 Å². The zero-order chi connectivity index (χ0) is 13.0. The van der Waals surface area contributed by atoms with Gasteiger partial charge in [0, 0.05) is 17.5 Å². The van der Waals surface area contributed by atoms with E-state index >= 15 is 0 Å². The van der Waals surface area contributed by atoms with Crippen LogP contribution in [0.1, 0.15) is 29.8 Å². The smallest absolute Gasteiger partial charge is 0.0595 e. The second kappa shape index (κ2) is 6.58. The molecule has 4 heteroatoms. The van der Waals surface area contributed by atoms with Crippen molar-refractivity contribution in [2.75, 3.05) is 0 Å². The Morgan fingerprint density at radius 1 is 1.22 bits per heavy atom. The standard InChI is InChI=1S/C14H15Cl2NS/c1-2-13(14-4-3-7-18-14)17-9-10-5-6-11(15)12(16)8-10/h3-8,13,17H,2,9H2,1H3. The lowest BCUT2D eigenvalue weighted by Gasteiger charge is -2.15. The molecule has 0 amide bonds. The maximum atomic E-state index is 6.00. The number of rotatable bonds is 5. The fourth-order valence-corrected chi connectivity index (χ4v) is 3.03. The summed E-state index contributed by atoms with van der Waals surface area (Å²) >= 11 is 13.7. The molecule has 96 valence electrons. The molecule has 1 atom stereocenters. The molecule has 0 spiro atoms. The first-order valence-electron chi connectivity index (χ1n) is 5.91. The van der Waals surface area contributed by atoms with Crippen LogP contribution >= 0.6 is 34.5 Å². The van der Waals surface area contributed by atoms with Crippen LogP contribution in [0.2, 0.25) is 10.0 Å². The monoisotopic (exact) mass is 299 g/mol. The molecule has 2 aromatic rings. The third-order valence-corrected chi connectivity index (χ3v) is 4.56. The van der Waals surface area contributed by atoms with Gasteiger partial charge in [0.2, 0.25) is 0 Å². The molecule has 18 heavy (non-hydrogen) atoms. The van der Waals surface area contributed by atoms with Gasteiger partial charge >= 0.3 is 0 Å². The zero-order valence-corrected chi connectivity index (χ0v) is 12.4. The molecule has 1 aromatic heterocycles. The van der Waals surface area contributed by atoms with Gasteiger partial charge in [0.25, 0.3) is 0 Å². The van der Waals surface area contributed by atoms with E-state index in [4.69, 9.17) is 23.2 Å². The summed E-state index contributed by atoms with van der Waals surface area (Å²) in [6.45, 7) is 2.99. The van der Waals surface area contributed by atoms with Crippen molar-refractivity contribution in [1.82, 2.24) is 5.32 Å². The first kappa shape index (κ1) is 13.9. The summed E-state index contributed by atoms with van der Waals surface area (Å²) in [5.74, 6) is 0. The summed E-state index contributed by atoms with van der Waals surface area (Å²) in [6.07, 6.45) is 1.07. The van der Waals surface area contributed by atoms with E-state index in [-0.39, 0.29) is 0 Å². The van der Waals surface area contributed by atoms with Gasteiger partial charge in [0.05, 0.1) is 10.0 Å². The van der Waals surface area contributed by atoms with E-state index in [0.29, 0.717) is 16.1 Å². The highest BCUT2D eigenvalue weighted by molar-refractivity contribution is 7.10. The van der Waals surface area contributed by atoms with Gasteiger partial charge in [-0.1, -0.05) is 42.3 Å². The van der Waals surface area contributed by atoms with E-state index in [9.17, 15) is 0 Å². The molecule has 0 saturated heterocycles. The molecular formula is C14H15Cl2NS.